The number of rotatable bonds is 3. The Kier molecular flexibility index (Phi) is 4.34. The molecule has 0 aliphatic rings. The number of esters is 1. The van der Waals surface area contributed by atoms with E-state index in [1.54, 1.807) is 0 Å². The second-order valence-corrected chi connectivity index (χ2v) is 1.88. The zero-order valence-electron chi connectivity index (χ0n) is 5.96. The summed E-state index contributed by atoms with van der Waals surface area (Å²) in [5.74, 6) is 2.02. The van der Waals surface area contributed by atoms with Gasteiger partial charge in [-0.25, -0.2) is 0 Å². The lowest BCUT2D eigenvalue weighted by molar-refractivity contribution is -0.145. The van der Waals surface area contributed by atoms with Gasteiger partial charge in [0.2, 0.25) is 0 Å². The van der Waals surface area contributed by atoms with E-state index >= 15 is 0 Å². The maximum Gasteiger partial charge on any atom is 0.302 e. The fourth-order valence-corrected chi connectivity index (χ4v) is 0.539. The molecule has 0 rings (SSSR count). The Balaban J connectivity index is 3.62. The molecule has 0 aromatic carbocycles. The van der Waals surface area contributed by atoms with E-state index in [2.05, 4.69) is 5.92 Å². The van der Waals surface area contributed by atoms with Crippen molar-refractivity contribution < 1.29 is 9.53 Å². The zero-order valence-corrected chi connectivity index (χ0v) is 5.96. The predicted molar refractivity (Wildman–Crippen MR) is 38.1 cm³/mol. The van der Waals surface area contributed by atoms with Crippen LogP contribution in [0.25, 0.3) is 0 Å². The van der Waals surface area contributed by atoms with Crippen LogP contribution in [0.15, 0.2) is 0 Å². The number of ether oxygens (including phenoxy) is 1. The SMILES string of the molecule is C#CCC(CN)OC(C)=O. The molecule has 0 bridgehead atoms. The van der Waals surface area contributed by atoms with Crippen LogP contribution in [0.4, 0.5) is 0 Å². The number of hydrogen-bond donors (Lipinski definition) is 1. The van der Waals surface area contributed by atoms with Crippen molar-refractivity contribution in [2.24, 2.45) is 5.73 Å². The second kappa shape index (κ2) is 4.83. The van der Waals surface area contributed by atoms with E-state index in [0.717, 1.165) is 0 Å². The van der Waals surface area contributed by atoms with Gasteiger partial charge in [0, 0.05) is 19.9 Å². The maximum absolute atomic E-state index is 10.3. The molecule has 0 spiro atoms. The molecule has 0 aromatic heterocycles. The molecule has 0 amide bonds. The number of hydrogen-bond acceptors (Lipinski definition) is 3. The van der Waals surface area contributed by atoms with E-state index < -0.39 is 0 Å². The standard InChI is InChI=1S/C7H11NO2/c1-3-4-7(5-8)10-6(2)9/h1,7H,4-5,8H2,2H3. The highest BCUT2D eigenvalue weighted by atomic mass is 16.5. The molecule has 0 heterocycles. The Hall–Kier alpha value is -1.01. The first-order chi connectivity index (χ1) is 4.70. The smallest absolute Gasteiger partial charge is 0.302 e. The Morgan fingerprint density at radius 2 is 2.50 bits per heavy atom. The van der Waals surface area contributed by atoms with E-state index in [1.165, 1.54) is 6.92 Å². The summed E-state index contributed by atoms with van der Waals surface area (Å²) in [4.78, 5) is 10.3. The number of nitrogens with two attached hydrogens (primary N) is 1. The lowest BCUT2D eigenvalue weighted by atomic mass is 10.2. The van der Waals surface area contributed by atoms with Crippen molar-refractivity contribution in [1.82, 2.24) is 0 Å². The summed E-state index contributed by atoms with van der Waals surface area (Å²) < 4.78 is 4.73. The van der Waals surface area contributed by atoms with Crippen molar-refractivity contribution in [1.29, 1.82) is 0 Å². The van der Waals surface area contributed by atoms with Gasteiger partial charge in [-0.2, -0.15) is 0 Å². The van der Waals surface area contributed by atoms with Gasteiger partial charge >= 0.3 is 5.97 Å². The lowest BCUT2D eigenvalue weighted by Gasteiger charge is -2.10. The molecule has 2 N–H and O–H groups in total. The topological polar surface area (TPSA) is 52.3 Å². The summed E-state index contributed by atoms with van der Waals surface area (Å²) in [5.41, 5.74) is 5.23. The van der Waals surface area contributed by atoms with E-state index in [4.69, 9.17) is 16.9 Å². The molecular formula is C7H11NO2. The second-order valence-electron chi connectivity index (χ2n) is 1.88. The molecule has 56 valence electrons. The summed E-state index contributed by atoms with van der Waals surface area (Å²) in [6.45, 7) is 1.61. The van der Waals surface area contributed by atoms with Crippen LogP contribution < -0.4 is 5.73 Å². The average molecular weight is 141 g/mol. The van der Waals surface area contributed by atoms with Crippen LogP contribution in [0.1, 0.15) is 13.3 Å². The van der Waals surface area contributed by atoms with Gasteiger partial charge in [-0.05, 0) is 0 Å². The molecule has 0 saturated carbocycles. The molecule has 0 saturated heterocycles. The Bertz CT molecular complexity index is 148. The highest BCUT2D eigenvalue weighted by Gasteiger charge is 2.06. The van der Waals surface area contributed by atoms with Gasteiger partial charge < -0.3 is 10.5 Å². The third-order valence-corrected chi connectivity index (χ3v) is 0.941. The van der Waals surface area contributed by atoms with Crippen LogP contribution in [-0.4, -0.2) is 18.6 Å². The molecule has 10 heavy (non-hydrogen) atoms. The zero-order chi connectivity index (χ0) is 7.98. The molecule has 0 radical (unpaired) electrons. The van der Waals surface area contributed by atoms with E-state index in [9.17, 15) is 4.79 Å². The van der Waals surface area contributed by atoms with Gasteiger partial charge in [-0.1, -0.05) is 0 Å². The number of terminal acetylenes is 1. The normalized spacial score (nSPS) is 11.7. The van der Waals surface area contributed by atoms with Crippen LogP contribution in [0.3, 0.4) is 0 Å². The third-order valence-electron chi connectivity index (χ3n) is 0.941. The first-order valence-corrected chi connectivity index (χ1v) is 3.01. The third kappa shape index (κ3) is 3.93. The molecule has 1 unspecified atom stereocenters. The monoisotopic (exact) mass is 141 g/mol. The van der Waals surface area contributed by atoms with Crippen molar-refractivity contribution in [3.63, 3.8) is 0 Å². The van der Waals surface area contributed by atoms with E-state index in [-0.39, 0.29) is 18.6 Å². The number of carbonyl (C=O) groups excluding carboxylic acids is 1. The minimum Gasteiger partial charge on any atom is -0.460 e. The van der Waals surface area contributed by atoms with Crippen LogP contribution in [0.5, 0.6) is 0 Å². The first-order valence-electron chi connectivity index (χ1n) is 3.01. The summed E-state index contributed by atoms with van der Waals surface area (Å²) in [6.07, 6.45) is 5.05. The Morgan fingerprint density at radius 1 is 1.90 bits per heavy atom. The molecule has 0 fully saturated rings. The molecule has 3 heteroatoms. The van der Waals surface area contributed by atoms with Crippen molar-refractivity contribution in [3.8, 4) is 12.3 Å². The summed E-state index contributed by atoms with van der Waals surface area (Å²) >= 11 is 0. The molecule has 1 atom stereocenters. The largest absolute Gasteiger partial charge is 0.460 e. The van der Waals surface area contributed by atoms with Crippen molar-refractivity contribution >= 4 is 5.97 Å². The fourth-order valence-electron chi connectivity index (χ4n) is 0.539. The van der Waals surface area contributed by atoms with Crippen molar-refractivity contribution in [3.05, 3.63) is 0 Å². The van der Waals surface area contributed by atoms with Crippen LogP contribution in [-0.2, 0) is 9.53 Å². The van der Waals surface area contributed by atoms with E-state index in [1.807, 2.05) is 0 Å². The fraction of sp³-hybridized carbons (Fsp3) is 0.571. The van der Waals surface area contributed by atoms with Crippen LogP contribution in [0, 0.1) is 12.3 Å². The summed E-state index contributed by atoms with van der Waals surface area (Å²) in [6, 6.07) is 0. The minimum atomic E-state index is -0.342. The number of carbonyl (C=O) groups is 1. The van der Waals surface area contributed by atoms with Crippen molar-refractivity contribution in [2.45, 2.75) is 19.4 Å². The van der Waals surface area contributed by atoms with Crippen LogP contribution in [0.2, 0.25) is 0 Å². The molecule has 0 aliphatic heterocycles. The molecular weight excluding hydrogens is 130 g/mol. The van der Waals surface area contributed by atoms with Gasteiger partial charge in [-0.3, -0.25) is 4.79 Å². The van der Waals surface area contributed by atoms with Gasteiger partial charge in [0.05, 0.1) is 0 Å². The highest BCUT2D eigenvalue weighted by molar-refractivity contribution is 5.66. The Morgan fingerprint density at radius 3 is 2.80 bits per heavy atom. The molecule has 0 aromatic rings. The maximum atomic E-state index is 10.3. The van der Waals surface area contributed by atoms with Gasteiger partial charge in [0.25, 0.3) is 0 Å². The molecule has 0 aliphatic carbocycles. The summed E-state index contributed by atoms with van der Waals surface area (Å²) in [7, 11) is 0. The minimum absolute atomic E-state index is 0.282. The van der Waals surface area contributed by atoms with Gasteiger partial charge in [0.15, 0.2) is 0 Å². The first kappa shape index (κ1) is 8.99. The van der Waals surface area contributed by atoms with E-state index in [0.29, 0.717) is 6.42 Å². The quantitative estimate of drug-likeness (QED) is 0.441. The predicted octanol–water partition coefficient (Wildman–Crippen LogP) is -0.0999. The highest BCUT2D eigenvalue weighted by Crippen LogP contribution is 1.94. The van der Waals surface area contributed by atoms with Crippen LogP contribution >= 0.6 is 0 Å². The van der Waals surface area contributed by atoms with Gasteiger partial charge in [0.1, 0.15) is 6.10 Å². The van der Waals surface area contributed by atoms with Gasteiger partial charge in [-0.15, -0.1) is 12.3 Å². The van der Waals surface area contributed by atoms with Crippen molar-refractivity contribution in [2.75, 3.05) is 6.54 Å². The Labute approximate surface area is 60.5 Å². The summed E-state index contributed by atoms with van der Waals surface area (Å²) in [5, 5.41) is 0. The average Bonchev–Trinajstić information content (AvgIpc) is 1.86. The molecule has 3 nitrogen and oxygen atoms in total. The lowest BCUT2D eigenvalue weighted by Crippen LogP contribution is -2.25.